The number of urea groups is 1. The molecule has 0 spiro atoms. The van der Waals surface area contributed by atoms with Crippen molar-refractivity contribution in [1.29, 1.82) is 0 Å². The minimum Gasteiger partial charge on any atom is -0.455 e. The lowest BCUT2D eigenvalue weighted by Gasteiger charge is -2.29. The Morgan fingerprint density at radius 2 is 1.83 bits per heavy atom. The lowest BCUT2D eigenvalue weighted by Crippen LogP contribution is -2.52. The van der Waals surface area contributed by atoms with Crippen LogP contribution in [0.25, 0.3) is 11.0 Å². The number of hydrogen-bond acceptors (Lipinski definition) is 10. The predicted molar refractivity (Wildman–Crippen MR) is 174 cm³/mol. The van der Waals surface area contributed by atoms with Crippen LogP contribution >= 0.6 is 0 Å². The van der Waals surface area contributed by atoms with E-state index in [0.717, 1.165) is 29.7 Å². The standard InChI is InChI=1S/C33H31F5N8O6/c1-16-20-11-17(34)12-22(35)27(20)52-26(16)28(33(36,37)38)45-32(50)43-18-13-41-31(42-14-18)40-8-10-51-9-7-39-23-4-2-3-19-21(23)15-46(30(19)49)24-5-6-25(47)44-29(24)48/h2-4,11-14,24,28,39H,5-10,15H2,1H3,(H,40,41,42)(H2,43,45,50)(H,44,47,48)/t24?,28-/m1/s1. The van der Waals surface area contributed by atoms with E-state index in [9.17, 15) is 41.1 Å². The van der Waals surface area contributed by atoms with E-state index in [1.807, 2.05) is 6.07 Å². The summed E-state index contributed by atoms with van der Waals surface area (Å²) < 4.78 is 80.4. The molecule has 4 heterocycles. The van der Waals surface area contributed by atoms with E-state index in [2.05, 4.69) is 31.2 Å². The molecule has 19 heteroatoms. The number of carbonyl (C=O) groups is 4. The Morgan fingerprint density at radius 1 is 1.10 bits per heavy atom. The van der Waals surface area contributed by atoms with Gasteiger partial charge in [0.1, 0.15) is 17.6 Å². The molecule has 2 aromatic carbocycles. The molecule has 52 heavy (non-hydrogen) atoms. The number of fused-ring (bicyclic) bond motifs is 2. The summed E-state index contributed by atoms with van der Waals surface area (Å²) in [4.78, 5) is 58.8. The number of anilines is 3. The number of aryl methyl sites for hydroxylation is 1. The zero-order chi connectivity index (χ0) is 37.2. The summed E-state index contributed by atoms with van der Waals surface area (Å²) in [5, 5.41) is 12.2. The SMILES string of the molecule is Cc1c([C@@H](NC(=O)Nc2cnc(NCCOCCNc3cccc4c3CN(C3CCC(=O)NC3=O)C4=O)nc2)C(F)(F)F)oc2c(F)cc(F)cc12. The molecule has 2 atom stereocenters. The van der Waals surface area contributed by atoms with E-state index in [-0.39, 0.29) is 66.9 Å². The van der Waals surface area contributed by atoms with Crippen LogP contribution in [0.3, 0.4) is 0 Å². The minimum absolute atomic E-state index is 0.0323. The van der Waals surface area contributed by atoms with Gasteiger partial charge in [0.2, 0.25) is 17.8 Å². The van der Waals surface area contributed by atoms with Gasteiger partial charge in [0.05, 0.1) is 31.3 Å². The fraction of sp³-hybridized carbons (Fsp3) is 0.333. The van der Waals surface area contributed by atoms with Crippen molar-refractivity contribution in [2.45, 2.75) is 44.6 Å². The summed E-state index contributed by atoms with van der Waals surface area (Å²) in [6, 6.07) is 1.91. The number of halogens is 5. The fourth-order valence-electron chi connectivity index (χ4n) is 5.96. The van der Waals surface area contributed by atoms with E-state index in [1.165, 1.54) is 11.8 Å². The number of hydrogen-bond donors (Lipinski definition) is 5. The van der Waals surface area contributed by atoms with Gasteiger partial charge in [-0.1, -0.05) is 6.07 Å². The number of amides is 5. The second-order valence-electron chi connectivity index (χ2n) is 11.9. The van der Waals surface area contributed by atoms with Gasteiger partial charge in [0.15, 0.2) is 17.4 Å². The second kappa shape index (κ2) is 14.8. The molecule has 2 aliphatic heterocycles. The molecule has 0 saturated carbocycles. The number of aromatic nitrogens is 2. The summed E-state index contributed by atoms with van der Waals surface area (Å²) in [6.07, 6.45) is -2.28. The number of furan rings is 1. The van der Waals surface area contributed by atoms with Gasteiger partial charge in [-0.15, -0.1) is 0 Å². The van der Waals surface area contributed by atoms with Crippen molar-refractivity contribution < 1.29 is 50.3 Å². The van der Waals surface area contributed by atoms with Crippen molar-refractivity contribution in [3.8, 4) is 0 Å². The largest absolute Gasteiger partial charge is 0.455 e. The highest BCUT2D eigenvalue weighted by Crippen LogP contribution is 2.39. The molecular formula is C33H31F5N8O6. The Kier molecular flexibility index (Phi) is 10.2. The first-order valence-electron chi connectivity index (χ1n) is 16.0. The number of carbonyl (C=O) groups excluding carboxylic acids is 4. The molecule has 0 bridgehead atoms. The monoisotopic (exact) mass is 730 g/mol. The Labute approximate surface area is 291 Å². The van der Waals surface area contributed by atoms with Crippen LogP contribution in [0.4, 0.5) is 44.1 Å². The summed E-state index contributed by atoms with van der Waals surface area (Å²) >= 11 is 0. The first kappa shape index (κ1) is 36.0. The number of nitrogens with zero attached hydrogens (tertiary/aromatic N) is 3. The summed E-state index contributed by atoms with van der Waals surface area (Å²) in [7, 11) is 0. The van der Waals surface area contributed by atoms with Gasteiger partial charge in [0.25, 0.3) is 5.91 Å². The van der Waals surface area contributed by atoms with Crippen molar-refractivity contribution in [2.75, 3.05) is 42.3 Å². The maximum atomic E-state index is 14.1. The number of imide groups is 1. The molecule has 2 aromatic heterocycles. The van der Waals surface area contributed by atoms with Crippen molar-refractivity contribution in [3.05, 3.63) is 76.8 Å². The number of piperidine rings is 1. The van der Waals surface area contributed by atoms with Gasteiger partial charge in [-0.05, 0) is 31.5 Å². The Hall–Kier alpha value is -5.85. The maximum absolute atomic E-state index is 14.1. The summed E-state index contributed by atoms with van der Waals surface area (Å²) in [6.45, 7) is 2.67. The summed E-state index contributed by atoms with van der Waals surface area (Å²) in [5.74, 6) is -3.93. The average Bonchev–Trinajstić information content (AvgIpc) is 3.60. The van der Waals surface area contributed by atoms with Crippen LogP contribution in [0.15, 0.2) is 47.1 Å². The highest BCUT2D eigenvalue weighted by molar-refractivity contribution is 6.06. The smallest absolute Gasteiger partial charge is 0.416 e. The minimum atomic E-state index is -5.04. The molecular weight excluding hydrogens is 699 g/mol. The third kappa shape index (κ3) is 7.73. The predicted octanol–water partition coefficient (Wildman–Crippen LogP) is 4.54. The van der Waals surface area contributed by atoms with Gasteiger partial charge < -0.3 is 35.3 Å². The molecule has 14 nitrogen and oxygen atoms in total. The molecule has 274 valence electrons. The van der Waals surface area contributed by atoms with Crippen LogP contribution in [-0.4, -0.2) is 77.1 Å². The lowest BCUT2D eigenvalue weighted by atomic mass is 10.0. The van der Waals surface area contributed by atoms with E-state index in [0.29, 0.717) is 24.8 Å². The molecule has 1 unspecified atom stereocenters. The number of nitrogens with one attached hydrogen (secondary N) is 5. The van der Waals surface area contributed by atoms with Gasteiger partial charge in [-0.2, -0.15) is 13.2 Å². The second-order valence-corrected chi connectivity index (χ2v) is 11.9. The van der Waals surface area contributed by atoms with E-state index < -0.39 is 53.2 Å². The van der Waals surface area contributed by atoms with Gasteiger partial charge >= 0.3 is 12.2 Å². The highest BCUT2D eigenvalue weighted by Gasteiger charge is 2.46. The average molecular weight is 731 g/mol. The molecule has 0 aliphatic carbocycles. The first-order valence-corrected chi connectivity index (χ1v) is 16.0. The van der Waals surface area contributed by atoms with Crippen LogP contribution < -0.4 is 26.6 Å². The zero-order valence-corrected chi connectivity index (χ0v) is 27.3. The highest BCUT2D eigenvalue weighted by atomic mass is 19.4. The van der Waals surface area contributed by atoms with E-state index in [1.54, 1.807) is 17.4 Å². The molecule has 1 saturated heterocycles. The Balaban J connectivity index is 0.935. The number of ether oxygens (including phenoxy) is 1. The molecule has 6 rings (SSSR count). The van der Waals surface area contributed by atoms with Crippen LogP contribution in [0.2, 0.25) is 0 Å². The molecule has 0 radical (unpaired) electrons. The van der Waals surface area contributed by atoms with Crippen molar-refractivity contribution >= 4 is 52.0 Å². The van der Waals surface area contributed by atoms with E-state index >= 15 is 0 Å². The number of alkyl halides is 3. The Bertz CT molecular complexity index is 2020. The van der Waals surface area contributed by atoms with Crippen LogP contribution in [-0.2, 0) is 20.9 Å². The first-order chi connectivity index (χ1) is 24.8. The van der Waals surface area contributed by atoms with E-state index in [4.69, 9.17) is 9.15 Å². The normalized spacial score (nSPS) is 16.5. The number of rotatable bonds is 12. The maximum Gasteiger partial charge on any atom is 0.416 e. The van der Waals surface area contributed by atoms with Crippen molar-refractivity contribution in [1.82, 2.24) is 25.5 Å². The Morgan fingerprint density at radius 3 is 2.54 bits per heavy atom. The zero-order valence-electron chi connectivity index (χ0n) is 27.3. The fourth-order valence-corrected chi connectivity index (χ4v) is 5.96. The molecule has 2 aliphatic rings. The van der Waals surface area contributed by atoms with Crippen LogP contribution in [0.1, 0.15) is 46.1 Å². The molecule has 1 fully saturated rings. The van der Waals surface area contributed by atoms with Gasteiger partial charge in [-0.3, -0.25) is 19.7 Å². The van der Waals surface area contributed by atoms with Gasteiger partial charge in [-0.25, -0.2) is 23.5 Å². The third-order valence-corrected chi connectivity index (χ3v) is 8.44. The molecule has 4 aromatic rings. The topological polar surface area (TPSA) is 180 Å². The summed E-state index contributed by atoms with van der Waals surface area (Å²) in [5.41, 5.74) is 1.18. The lowest BCUT2D eigenvalue weighted by molar-refractivity contribution is -0.158. The van der Waals surface area contributed by atoms with Crippen molar-refractivity contribution in [2.24, 2.45) is 0 Å². The molecule has 5 N–H and O–H groups in total. The van der Waals surface area contributed by atoms with Crippen LogP contribution in [0, 0.1) is 18.6 Å². The molecule has 5 amide bonds. The van der Waals surface area contributed by atoms with Gasteiger partial charge in [0, 0.05) is 59.9 Å². The quantitative estimate of drug-likeness (QED) is 0.0790. The number of benzene rings is 2. The van der Waals surface area contributed by atoms with Crippen LogP contribution in [0.5, 0.6) is 0 Å². The van der Waals surface area contributed by atoms with Crippen molar-refractivity contribution in [3.63, 3.8) is 0 Å². The third-order valence-electron chi connectivity index (χ3n) is 8.44.